The zero-order chi connectivity index (χ0) is 15.6. The summed E-state index contributed by atoms with van der Waals surface area (Å²) < 4.78 is 1.78. The Bertz CT molecular complexity index is 504. The van der Waals surface area contributed by atoms with Crippen molar-refractivity contribution in [2.45, 2.75) is 52.1 Å². The lowest BCUT2D eigenvalue weighted by molar-refractivity contribution is -0.384. The monoisotopic (exact) mass is 295 g/mol. The van der Waals surface area contributed by atoms with Crippen LogP contribution in [0.4, 0.5) is 11.5 Å². The van der Waals surface area contributed by atoms with Crippen molar-refractivity contribution in [3.05, 3.63) is 15.8 Å². The van der Waals surface area contributed by atoms with Crippen molar-refractivity contribution in [1.29, 1.82) is 0 Å². The molecule has 0 aromatic carbocycles. The Morgan fingerprint density at radius 1 is 1.43 bits per heavy atom. The molecule has 1 unspecified atom stereocenters. The smallest absolute Gasteiger partial charge is 0.333 e. The van der Waals surface area contributed by atoms with Crippen LogP contribution in [0.3, 0.4) is 0 Å². The van der Waals surface area contributed by atoms with Crippen LogP contribution in [-0.4, -0.2) is 40.9 Å². The molecule has 1 aromatic rings. The van der Waals surface area contributed by atoms with Crippen molar-refractivity contribution in [2.75, 3.05) is 25.0 Å². The number of rotatable bonds is 4. The molecule has 1 N–H and O–H groups in total. The Hall–Kier alpha value is -1.63. The molecule has 0 bridgehead atoms. The number of anilines is 1. The number of aryl methyl sites for hydroxylation is 1. The molecule has 118 valence electrons. The van der Waals surface area contributed by atoms with E-state index < -0.39 is 0 Å². The van der Waals surface area contributed by atoms with Gasteiger partial charge in [0.15, 0.2) is 0 Å². The van der Waals surface area contributed by atoms with Crippen molar-refractivity contribution < 1.29 is 4.92 Å². The Balaban J connectivity index is 2.42. The second-order valence-electron chi connectivity index (χ2n) is 6.00. The van der Waals surface area contributed by atoms with E-state index in [1.54, 1.807) is 11.6 Å². The lowest BCUT2D eigenvalue weighted by Gasteiger charge is -2.29. The van der Waals surface area contributed by atoms with Gasteiger partial charge in [0.1, 0.15) is 5.69 Å². The second kappa shape index (κ2) is 6.43. The van der Waals surface area contributed by atoms with Gasteiger partial charge in [-0.2, -0.15) is 5.10 Å². The molecule has 7 heteroatoms. The van der Waals surface area contributed by atoms with Crippen LogP contribution in [0.1, 0.15) is 44.8 Å². The lowest BCUT2D eigenvalue weighted by atomic mass is 10.1. The topological polar surface area (TPSA) is 76.2 Å². The maximum atomic E-state index is 11.4. The van der Waals surface area contributed by atoms with E-state index in [0.717, 1.165) is 32.4 Å². The lowest BCUT2D eigenvalue weighted by Crippen LogP contribution is -2.34. The molecule has 1 aliphatic rings. The van der Waals surface area contributed by atoms with Crippen LogP contribution < -0.4 is 10.2 Å². The van der Waals surface area contributed by atoms with Crippen molar-refractivity contribution in [1.82, 2.24) is 15.1 Å². The fourth-order valence-corrected chi connectivity index (χ4v) is 2.99. The molecule has 2 rings (SSSR count). The van der Waals surface area contributed by atoms with E-state index in [-0.39, 0.29) is 16.7 Å². The van der Waals surface area contributed by atoms with Gasteiger partial charge in [0.2, 0.25) is 5.82 Å². The van der Waals surface area contributed by atoms with E-state index in [0.29, 0.717) is 17.6 Å². The van der Waals surface area contributed by atoms with E-state index >= 15 is 0 Å². The predicted octanol–water partition coefficient (Wildman–Crippen LogP) is 2.26. The Morgan fingerprint density at radius 3 is 2.76 bits per heavy atom. The molecule has 0 saturated carbocycles. The SMILES string of the molecule is Cc1nn(C(C)C)c(N(C)C2CCCNCC2)c1[N+](=O)[O-]. The van der Waals surface area contributed by atoms with Crippen LogP contribution in [0.25, 0.3) is 0 Å². The molecule has 0 radical (unpaired) electrons. The van der Waals surface area contributed by atoms with Crippen LogP contribution in [0.2, 0.25) is 0 Å². The zero-order valence-electron chi connectivity index (χ0n) is 13.3. The number of nitrogens with one attached hydrogen (secondary N) is 1. The molecular formula is C14H25N5O2. The number of aromatic nitrogens is 2. The molecule has 1 saturated heterocycles. The fraction of sp³-hybridized carbons (Fsp3) is 0.786. The van der Waals surface area contributed by atoms with E-state index in [1.807, 2.05) is 20.9 Å². The highest BCUT2D eigenvalue weighted by molar-refractivity contribution is 5.61. The van der Waals surface area contributed by atoms with Gasteiger partial charge in [-0.15, -0.1) is 0 Å². The first-order chi connectivity index (χ1) is 9.93. The molecular weight excluding hydrogens is 270 g/mol. The van der Waals surface area contributed by atoms with Crippen molar-refractivity contribution in [2.24, 2.45) is 0 Å². The highest BCUT2D eigenvalue weighted by Crippen LogP contribution is 2.35. The maximum absolute atomic E-state index is 11.4. The van der Waals surface area contributed by atoms with Gasteiger partial charge in [0.05, 0.1) is 4.92 Å². The minimum atomic E-state index is -0.304. The summed E-state index contributed by atoms with van der Waals surface area (Å²) >= 11 is 0. The summed E-state index contributed by atoms with van der Waals surface area (Å²) in [5.74, 6) is 0.638. The normalized spacial score (nSPS) is 19.6. The number of hydrogen-bond donors (Lipinski definition) is 1. The van der Waals surface area contributed by atoms with Crippen LogP contribution >= 0.6 is 0 Å². The molecule has 2 heterocycles. The Morgan fingerprint density at radius 2 is 2.14 bits per heavy atom. The summed E-state index contributed by atoms with van der Waals surface area (Å²) in [5.41, 5.74) is 0.630. The predicted molar refractivity (Wildman–Crippen MR) is 82.9 cm³/mol. The van der Waals surface area contributed by atoms with Gasteiger partial charge in [-0.25, -0.2) is 4.68 Å². The van der Waals surface area contributed by atoms with E-state index in [1.165, 1.54) is 0 Å². The summed E-state index contributed by atoms with van der Waals surface area (Å²) in [7, 11) is 1.96. The Labute approximate surface area is 125 Å². The third-order valence-electron chi connectivity index (χ3n) is 4.13. The molecule has 1 atom stereocenters. The average molecular weight is 295 g/mol. The van der Waals surface area contributed by atoms with Gasteiger partial charge in [-0.05, 0) is 53.1 Å². The van der Waals surface area contributed by atoms with Gasteiger partial charge in [0, 0.05) is 19.1 Å². The largest absolute Gasteiger partial charge is 0.351 e. The summed E-state index contributed by atoms with van der Waals surface area (Å²) in [5, 5.41) is 19.2. The highest BCUT2D eigenvalue weighted by atomic mass is 16.6. The maximum Gasteiger partial charge on any atom is 0.333 e. The van der Waals surface area contributed by atoms with Gasteiger partial charge in [0.25, 0.3) is 0 Å². The summed E-state index contributed by atoms with van der Waals surface area (Å²) in [4.78, 5) is 13.2. The van der Waals surface area contributed by atoms with Crippen molar-refractivity contribution in [3.63, 3.8) is 0 Å². The molecule has 0 amide bonds. The van der Waals surface area contributed by atoms with Crippen molar-refractivity contribution >= 4 is 11.5 Å². The first-order valence-corrected chi connectivity index (χ1v) is 7.60. The molecule has 0 aliphatic carbocycles. The molecule has 1 aromatic heterocycles. The first kappa shape index (κ1) is 15.8. The fourth-order valence-electron chi connectivity index (χ4n) is 2.99. The van der Waals surface area contributed by atoms with E-state index in [9.17, 15) is 10.1 Å². The standard InChI is InChI=1S/C14H25N5O2/c1-10(2)18-14(13(19(20)21)11(3)16-18)17(4)12-6-5-8-15-9-7-12/h10,12,15H,5-9H2,1-4H3. The minimum absolute atomic E-state index is 0.0961. The van der Waals surface area contributed by atoms with Gasteiger partial charge in [-0.1, -0.05) is 0 Å². The quantitative estimate of drug-likeness (QED) is 0.681. The zero-order valence-corrected chi connectivity index (χ0v) is 13.3. The minimum Gasteiger partial charge on any atom is -0.351 e. The summed E-state index contributed by atoms with van der Waals surface area (Å²) in [6.45, 7) is 7.69. The van der Waals surface area contributed by atoms with E-state index in [4.69, 9.17) is 0 Å². The van der Waals surface area contributed by atoms with Gasteiger partial charge < -0.3 is 10.2 Å². The second-order valence-corrected chi connectivity index (χ2v) is 6.00. The molecule has 0 spiro atoms. The summed E-state index contributed by atoms with van der Waals surface area (Å²) in [6.07, 6.45) is 3.14. The van der Waals surface area contributed by atoms with Crippen LogP contribution in [0.5, 0.6) is 0 Å². The number of hydrogen-bond acceptors (Lipinski definition) is 5. The number of nitro groups is 1. The third-order valence-corrected chi connectivity index (χ3v) is 4.13. The first-order valence-electron chi connectivity index (χ1n) is 7.60. The third kappa shape index (κ3) is 3.18. The van der Waals surface area contributed by atoms with Crippen molar-refractivity contribution in [3.8, 4) is 0 Å². The van der Waals surface area contributed by atoms with Gasteiger partial charge >= 0.3 is 5.69 Å². The number of nitrogens with zero attached hydrogens (tertiary/aromatic N) is 4. The summed E-state index contributed by atoms with van der Waals surface area (Å²) in [6, 6.07) is 0.408. The van der Waals surface area contributed by atoms with Crippen LogP contribution in [-0.2, 0) is 0 Å². The van der Waals surface area contributed by atoms with E-state index in [2.05, 4.69) is 15.3 Å². The van der Waals surface area contributed by atoms with Crippen LogP contribution in [0.15, 0.2) is 0 Å². The molecule has 21 heavy (non-hydrogen) atoms. The molecule has 1 aliphatic heterocycles. The van der Waals surface area contributed by atoms with Gasteiger partial charge in [-0.3, -0.25) is 10.1 Å². The average Bonchev–Trinajstić information content (AvgIpc) is 2.61. The molecule has 7 nitrogen and oxygen atoms in total. The highest BCUT2D eigenvalue weighted by Gasteiger charge is 2.32. The molecule has 1 fully saturated rings. The van der Waals surface area contributed by atoms with Crippen LogP contribution in [0, 0.1) is 17.0 Å². The Kier molecular flexibility index (Phi) is 4.82.